The quantitative estimate of drug-likeness (QED) is 0.897. The number of benzene rings is 1. The van der Waals surface area contributed by atoms with Crippen LogP contribution in [-0.4, -0.2) is 29.9 Å². The Morgan fingerprint density at radius 1 is 1.21 bits per heavy atom. The first-order chi connectivity index (χ1) is 9.34. The van der Waals surface area contributed by atoms with Gasteiger partial charge in [0.1, 0.15) is 0 Å². The van der Waals surface area contributed by atoms with Crippen LogP contribution in [0.2, 0.25) is 0 Å². The molecule has 1 saturated heterocycles. The lowest BCUT2D eigenvalue weighted by Gasteiger charge is -2.30. The number of piperidine rings is 1. The molecular formula is C16H22N2O. The topological polar surface area (TPSA) is 32.3 Å². The molecule has 1 saturated carbocycles. The molecule has 0 radical (unpaired) electrons. The third-order valence-corrected chi connectivity index (χ3v) is 4.11. The van der Waals surface area contributed by atoms with Gasteiger partial charge in [0.05, 0.1) is 5.92 Å². The second-order valence-electron chi connectivity index (χ2n) is 5.73. The third kappa shape index (κ3) is 3.16. The van der Waals surface area contributed by atoms with E-state index in [1.807, 2.05) is 18.2 Å². The minimum atomic E-state index is 0.193. The van der Waals surface area contributed by atoms with E-state index in [0.29, 0.717) is 11.9 Å². The van der Waals surface area contributed by atoms with E-state index in [1.54, 1.807) is 0 Å². The van der Waals surface area contributed by atoms with Gasteiger partial charge in [-0.25, -0.2) is 0 Å². The molecule has 3 heteroatoms. The molecule has 2 fully saturated rings. The zero-order valence-electron chi connectivity index (χ0n) is 11.3. The molecule has 0 bridgehead atoms. The van der Waals surface area contributed by atoms with Crippen LogP contribution in [0.1, 0.15) is 31.2 Å². The standard InChI is InChI=1S/C16H22N2O/c19-16(14-7-4-10-17-11-14)18(15-8-9-15)12-13-5-2-1-3-6-13/h1-3,5-6,14-15,17H,4,7-12H2/t14-/m1/s1. The van der Waals surface area contributed by atoms with E-state index in [-0.39, 0.29) is 5.92 Å². The number of carbonyl (C=O) groups is 1. The number of hydrogen-bond acceptors (Lipinski definition) is 2. The average molecular weight is 258 g/mol. The van der Waals surface area contributed by atoms with Crippen LogP contribution >= 0.6 is 0 Å². The van der Waals surface area contributed by atoms with Crippen LogP contribution in [0, 0.1) is 5.92 Å². The number of carbonyl (C=O) groups excluding carboxylic acids is 1. The number of hydrogen-bond donors (Lipinski definition) is 1. The van der Waals surface area contributed by atoms with Crippen LogP contribution in [0.5, 0.6) is 0 Å². The first-order valence-corrected chi connectivity index (χ1v) is 7.40. The summed E-state index contributed by atoms with van der Waals surface area (Å²) >= 11 is 0. The normalized spacial score (nSPS) is 23.1. The van der Waals surface area contributed by atoms with Gasteiger partial charge in [0.2, 0.25) is 5.91 Å². The summed E-state index contributed by atoms with van der Waals surface area (Å²) in [5.41, 5.74) is 1.24. The van der Waals surface area contributed by atoms with Crippen molar-refractivity contribution in [2.75, 3.05) is 13.1 Å². The second-order valence-corrected chi connectivity index (χ2v) is 5.73. The molecule has 1 aromatic rings. The van der Waals surface area contributed by atoms with E-state index in [2.05, 4.69) is 22.3 Å². The van der Waals surface area contributed by atoms with Gasteiger partial charge in [-0.2, -0.15) is 0 Å². The van der Waals surface area contributed by atoms with Gasteiger partial charge in [-0.1, -0.05) is 30.3 Å². The highest BCUT2D eigenvalue weighted by molar-refractivity contribution is 5.79. The molecule has 1 aromatic carbocycles. The number of amides is 1. The van der Waals surface area contributed by atoms with Gasteiger partial charge >= 0.3 is 0 Å². The largest absolute Gasteiger partial charge is 0.335 e. The molecule has 2 aliphatic rings. The van der Waals surface area contributed by atoms with Gasteiger partial charge < -0.3 is 10.2 Å². The predicted molar refractivity (Wildman–Crippen MR) is 75.6 cm³/mol. The first kappa shape index (κ1) is 12.7. The van der Waals surface area contributed by atoms with Gasteiger partial charge in [-0.3, -0.25) is 4.79 Å². The highest BCUT2D eigenvalue weighted by Crippen LogP contribution is 2.30. The molecule has 1 N–H and O–H groups in total. The molecule has 1 aliphatic heterocycles. The van der Waals surface area contributed by atoms with Crippen LogP contribution in [0.15, 0.2) is 30.3 Å². The molecule has 0 spiro atoms. The predicted octanol–water partition coefficient (Wildman–Crippen LogP) is 2.18. The Hall–Kier alpha value is -1.35. The van der Waals surface area contributed by atoms with E-state index in [0.717, 1.165) is 32.5 Å². The van der Waals surface area contributed by atoms with E-state index < -0.39 is 0 Å². The van der Waals surface area contributed by atoms with Gasteiger partial charge in [-0.05, 0) is 37.8 Å². The van der Waals surface area contributed by atoms with Crippen molar-refractivity contribution < 1.29 is 4.79 Å². The third-order valence-electron chi connectivity index (χ3n) is 4.11. The minimum absolute atomic E-state index is 0.193. The van der Waals surface area contributed by atoms with Gasteiger partial charge in [-0.15, -0.1) is 0 Å². The zero-order chi connectivity index (χ0) is 13.1. The van der Waals surface area contributed by atoms with Crippen molar-refractivity contribution in [3.8, 4) is 0 Å². The summed E-state index contributed by atoms with van der Waals surface area (Å²) in [6, 6.07) is 10.8. The lowest BCUT2D eigenvalue weighted by molar-refractivity contribution is -0.137. The highest BCUT2D eigenvalue weighted by atomic mass is 16.2. The number of nitrogens with zero attached hydrogens (tertiary/aromatic N) is 1. The zero-order valence-corrected chi connectivity index (χ0v) is 11.3. The van der Waals surface area contributed by atoms with Gasteiger partial charge in [0.15, 0.2) is 0 Å². The Bertz CT molecular complexity index is 422. The van der Waals surface area contributed by atoms with Crippen molar-refractivity contribution in [3.63, 3.8) is 0 Å². The van der Waals surface area contributed by atoms with Crippen LogP contribution < -0.4 is 5.32 Å². The molecule has 3 nitrogen and oxygen atoms in total. The fourth-order valence-corrected chi connectivity index (χ4v) is 2.85. The van der Waals surface area contributed by atoms with Crippen LogP contribution in [0.25, 0.3) is 0 Å². The molecular weight excluding hydrogens is 236 g/mol. The SMILES string of the molecule is O=C([C@@H]1CCCNC1)N(Cc1ccccc1)C1CC1. The summed E-state index contributed by atoms with van der Waals surface area (Å²) in [6.45, 7) is 2.70. The molecule has 0 unspecified atom stereocenters. The smallest absolute Gasteiger partial charge is 0.227 e. The fraction of sp³-hybridized carbons (Fsp3) is 0.562. The second kappa shape index (κ2) is 5.74. The molecule has 0 aromatic heterocycles. The Morgan fingerprint density at radius 2 is 2.00 bits per heavy atom. The van der Waals surface area contributed by atoms with Crippen LogP contribution in [0.3, 0.4) is 0 Å². The molecule has 1 amide bonds. The molecule has 1 heterocycles. The van der Waals surface area contributed by atoms with Gasteiger partial charge in [0.25, 0.3) is 0 Å². The Morgan fingerprint density at radius 3 is 2.63 bits per heavy atom. The average Bonchev–Trinajstić information content (AvgIpc) is 3.31. The van der Waals surface area contributed by atoms with Crippen molar-refractivity contribution in [1.29, 1.82) is 0 Å². The van der Waals surface area contributed by atoms with Crippen molar-refractivity contribution in [2.45, 2.75) is 38.3 Å². The molecule has 19 heavy (non-hydrogen) atoms. The van der Waals surface area contributed by atoms with E-state index in [9.17, 15) is 4.79 Å². The maximum atomic E-state index is 12.7. The van der Waals surface area contributed by atoms with Crippen LogP contribution in [-0.2, 0) is 11.3 Å². The molecule has 102 valence electrons. The molecule has 1 atom stereocenters. The number of nitrogens with one attached hydrogen (secondary N) is 1. The molecule has 3 rings (SSSR count). The molecule has 1 aliphatic carbocycles. The van der Waals surface area contributed by atoms with Crippen molar-refractivity contribution in [1.82, 2.24) is 10.2 Å². The summed E-state index contributed by atoms with van der Waals surface area (Å²) in [5.74, 6) is 0.552. The number of rotatable bonds is 4. The minimum Gasteiger partial charge on any atom is -0.335 e. The van der Waals surface area contributed by atoms with E-state index in [4.69, 9.17) is 0 Å². The Balaban J connectivity index is 1.68. The summed E-state index contributed by atoms with van der Waals surface area (Å²) < 4.78 is 0. The first-order valence-electron chi connectivity index (χ1n) is 7.40. The Labute approximate surface area is 115 Å². The monoisotopic (exact) mass is 258 g/mol. The van der Waals surface area contributed by atoms with Crippen molar-refractivity contribution in [2.24, 2.45) is 5.92 Å². The van der Waals surface area contributed by atoms with E-state index >= 15 is 0 Å². The fourth-order valence-electron chi connectivity index (χ4n) is 2.85. The van der Waals surface area contributed by atoms with Crippen molar-refractivity contribution >= 4 is 5.91 Å². The summed E-state index contributed by atoms with van der Waals surface area (Å²) in [4.78, 5) is 14.8. The lowest BCUT2D eigenvalue weighted by atomic mass is 9.97. The Kier molecular flexibility index (Phi) is 3.83. The van der Waals surface area contributed by atoms with E-state index in [1.165, 1.54) is 18.4 Å². The summed E-state index contributed by atoms with van der Waals surface area (Å²) in [7, 11) is 0. The summed E-state index contributed by atoms with van der Waals surface area (Å²) in [5, 5.41) is 3.35. The van der Waals surface area contributed by atoms with Crippen LogP contribution in [0.4, 0.5) is 0 Å². The maximum Gasteiger partial charge on any atom is 0.227 e. The summed E-state index contributed by atoms with van der Waals surface area (Å²) in [6.07, 6.45) is 4.53. The lowest BCUT2D eigenvalue weighted by Crippen LogP contribution is -2.43. The van der Waals surface area contributed by atoms with Gasteiger partial charge in [0, 0.05) is 19.1 Å². The van der Waals surface area contributed by atoms with Crippen molar-refractivity contribution in [3.05, 3.63) is 35.9 Å². The maximum absolute atomic E-state index is 12.7. The highest BCUT2D eigenvalue weighted by Gasteiger charge is 2.35.